The highest BCUT2D eigenvalue weighted by molar-refractivity contribution is 7.99. The highest BCUT2D eigenvalue weighted by Gasteiger charge is 2.21. The zero-order valence-electron chi connectivity index (χ0n) is 14.5. The molecule has 0 radical (unpaired) electrons. The van der Waals surface area contributed by atoms with Gasteiger partial charge < -0.3 is 10.3 Å². The van der Waals surface area contributed by atoms with Crippen molar-refractivity contribution in [1.29, 1.82) is 5.26 Å². The highest BCUT2D eigenvalue weighted by Crippen LogP contribution is 2.37. The number of imidazole rings is 1. The zero-order chi connectivity index (χ0) is 18.8. The molecule has 1 amide bonds. The summed E-state index contributed by atoms with van der Waals surface area (Å²) in [5.74, 6) is 0.0902. The van der Waals surface area contributed by atoms with Crippen LogP contribution in [-0.4, -0.2) is 21.6 Å². The molecule has 4 rings (SSSR count). The molecule has 0 atom stereocenters. The Morgan fingerprint density at radius 3 is 3.07 bits per heavy atom. The third-order valence-electron chi connectivity index (χ3n) is 4.55. The fraction of sp³-hybridized carbons (Fsp3) is 0.316. The van der Waals surface area contributed by atoms with Crippen LogP contribution < -0.4 is 5.32 Å². The lowest BCUT2D eigenvalue weighted by molar-refractivity contribution is -0.113. The lowest BCUT2D eigenvalue weighted by Gasteiger charge is -2.03. The maximum Gasteiger partial charge on any atom is 0.235 e. The lowest BCUT2D eigenvalue weighted by Crippen LogP contribution is -2.14. The Morgan fingerprint density at radius 1 is 1.37 bits per heavy atom. The molecule has 0 aliphatic heterocycles. The fourth-order valence-electron chi connectivity index (χ4n) is 3.27. The van der Waals surface area contributed by atoms with E-state index >= 15 is 0 Å². The number of thiophene rings is 1. The van der Waals surface area contributed by atoms with Gasteiger partial charge in [0.05, 0.1) is 22.3 Å². The molecule has 5 nitrogen and oxygen atoms in total. The number of H-pyrrole nitrogens is 1. The van der Waals surface area contributed by atoms with Crippen LogP contribution in [0.15, 0.2) is 23.4 Å². The van der Waals surface area contributed by atoms with Crippen molar-refractivity contribution in [2.45, 2.75) is 37.3 Å². The Labute approximate surface area is 170 Å². The van der Waals surface area contributed by atoms with Gasteiger partial charge in [-0.25, -0.2) is 4.98 Å². The maximum absolute atomic E-state index is 12.4. The molecule has 0 saturated heterocycles. The fourth-order valence-corrected chi connectivity index (χ4v) is 5.39. The van der Waals surface area contributed by atoms with Crippen molar-refractivity contribution in [1.82, 2.24) is 9.97 Å². The number of nitriles is 1. The molecule has 2 N–H and O–H groups in total. The number of thioether (sulfide) groups is 1. The molecule has 0 fully saturated rings. The van der Waals surface area contributed by atoms with Crippen molar-refractivity contribution in [2.24, 2.45) is 0 Å². The Bertz CT molecular complexity index is 1050. The predicted octanol–water partition coefficient (Wildman–Crippen LogP) is 5.15. The van der Waals surface area contributed by atoms with E-state index in [1.807, 2.05) is 12.1 Å². The van der Waals surface area contributed by atoms with Crippen molar-refractivity contribution >= 4 is 56.6 Å². The summed E-state index contributed by atoms with van der Waals surface area (Å²) in [7, 11) is 0. The quantitative estimate of drug-likeness (QED) is 0.455. The second-order valence-electron chi connectivity index (χ2n) is 6.42. The molecule has 0 unspecified atom stereocenters. The van der Waals surface area contributed by atoms with Gasteiger partial charge in [0.15, 0.2) is 5.16 Å². The lowest BCUT2D eigenvalue weighted by atomic mass is 10.1. The number of nitrogens with zero attached hydrogens (tertiary/aromatic N) is 2. The van der Waals surface area contributed by atoms with Gasteiger partial charge in [-0.05, 0) is 49.4 Å². The van der Waals surface area contributed by atoms with Crippen LogP contribution in [0.5, 0.6) is 0 Å². The number of aromatic nitrogens is 2. The predicted molar refractivity (Wildman–Crippen MR) is 111 cm³/mol. The molecule has 2 aromatic heterocycles. The molecule has 0 bridgehead atoms. The second kappa shape index (κ2) is 7.93. The number of anilines is 1. The standard InChI is InChI=1S/C19H17ClN4OS2/c20-11-6-7-14-15(8-11)23-19(22-14)26-10-17(25)24-18-13(9-21)12-4-2-1-3-5-16(12)27-18/h6-8H,1-5,10H2,(H,22,23)(H,24,25). The first-order chi connectivity index (χ1) is 13.1. The second-order valence-corrected chi connectivity index (χ2v) is 8.93. The first-order valence-electron chi connectivity index (χ1n) is 8.76. The van der Waals surface area contributed by atoms with Crippen LogP contribution in [0.1, 0.15) is 35.3 Å². The molecule has 3 aromatic rings. The SMILES string of the molecule is N#Cc1c(NC(=O)CSc2nc3ccc(Cl)cc3[nH]2)sc2c1CCCCC2. The van der Waals surface area contributed by atoms with Gasteiger partial charge >= 0.3 is 0 Å². The van der Waals surface area contributed by atoms with E-state index in [4.69, 9.17) is 11.6 Å². The van der Waals surface area contributed by atoms with Gasteiger partial charge in [0.25, 0.3) is 0 Å². The third kappa shape index (κ3) is 3.98. The third-order valence-corrected chi connectivity index (χ3v) is 6.86. The Kier molecular flexibility index (Phi) is 5.39. The Morgan fingerprint density at radius 2 is 2.22 bits per heavy atom. The number of hydrogen-bond acceptors (Lipinski definition) is 5. The highest BCUT2D eigenvalue weighted by atomic mass is 35.5. The average molecular weight is 417 g/mol. The number of fused-ring (bicyclic) bond motifs is 2. The van der Waals surface area contributed by atoms with E-state index < -0.39 is 0 Å². The summed E-state index contributed by atoms with van der Waals surface area (Å²) in [5, 5.41) is 14.5. The number of carbonyl (C=O) groups is 1. The molecule has 1 aromatic carbocycles. The number of amides is 1. The number of halogens is 1. The van der Waals surface area contributed by atoms with Gasteiger partial charge in [0.1, 0.15) is 11.1 Å². The van der Waals surface area contributed by atoms with Crippen LogP contribution in [0.4, 0.5) is 5.00 Å². The molecule has 0 saturated carbocycles. The van der Waals surface area contributed by atoms with Crippen molar-refractivity contribution in [3.8, 4) is 6.07 Å². The van der Waals surface area contributed by atoms with Crippen molar-refractivity contribution in [2.75, 3.05) is 11.1 Å². The minimum atomic E-state index is -0.133. The van der Waals surface area contributed by atoms with Crippen LogP contribution >= 0.6 is 34.7 Å². The zero-order valence-corrected chi connectivity index (χ0v) is 16.9. The summed E-state index contributed by atoms with van der Waals surface area (Å²) in [6, 6.07) is 7.73. The van der Waals surface area contributed by atoms with Crippen LogP contribution in [0.25, 0.3) is 11.0 Å². The van der Waals surface area contributed by atoms with Gasteiger partial charge in [-0.15, -0.1) is 11.3 Å². The van der Waals surface area contributed by atoms with Gasteiger partial charge in [-0.2, -0.15) is 5.26 Å². The van der Waals surface area contributed by atoms with E-state index in [1.54, 1.807) is 17.4 Å². The summed E-state index contributed by atoms with van der Waals surface area (Å²) >= 11 is 8.87. The van der Waals surface area contributed by atoms with Crippen molar-refractivity contribution in [3.05, 3.63) is 39.2 Å². The maximum atomic E-state index is 12.4. The number of nitrogens with one attached hydrogen (secondary N) is 2. The van der Waals surface area contributed by atoms with E-state index in [-0.39, 0.29) is 11.7 Å². The number of benzene rings is 1. The smallest absolute Gasteiger partial charge is 0.235 e. The molecule has 27 heavy (non-hydrogen) atoms. The summed E-state index contributed by atoms with van der Waals surface area (Å²) in [4.78, 5) is 21.3. The topological polar surface area (TPSA) is 81.6 Å². The summed E-state index contributed by atoms with van der Waals surface area (Å²) < 4.78 is 0. The molecule has 0 spiro atoms. The van der Waals surface area contributed by atoms with E-state index in [9.17, 15) is 10.1 Å². The summed E-state index contributed by atoms with van der Waals surface area (Å²) in [6.07, 6.45) is 5.39. The monoisotopic (exact) mass is 416 g/mol. The molecule has 8 heteroatoms. The van der Waals surface area contributed by atoms with Crippen LogP contribution in [0, 0.1) is 11.3 Å². The van der Waals surface area contributed by atoms with Gasteiger partial charge in [-0.3, -0.25) is 4.79 Å². The van der Waals surface area contributed by atoms with E-state index in [0.29, 0.717) is 20.7 Å². The first kappa shape index (κ1) is 18.4. The molecule has 138 valence electrons. The number of hydrogen-bond donors (Lipinski definition) is 2. The number of aromatic amines is 1. The largest absolute Gasteiger partial charge is 0.333 e. The Balaban J connectivity index is 1.44. The summed E-state index contributed by atoms with van der Waals surface area (Å²) in [6.45, 7) is 0. The van der Waals surface area contributed by atoms with E-state index in [0.717, 1.165) is 42.3 Å². The van der Waals surface area contributed by atoms with Crippen LogP contribution in [-0.2, 0) is 17.6 Å². The molecule has 1 aliphatic rings. The molecular formula is C19H17ClN4OS2. The molecule has 2 heterocycles. The average Bonchev–Trinajstić information content (AvgIpc) is 3.11. The van der Waals surface area contributed by atoms with Crippen molar-refractivity contribution in [3.63, 3.8) is 0 Å². The number of aryl methyl sites for hydroxylation is 1. The minimum absolute atomic E-state index is 0.133. The normalized spacial score (nSPS) is 13.8. The van der Waals surface area contributed by atoms with Crippen LogP contribution in [0.3, 0.4) is 0 Å². The number of rotatable bonds is 4. The molecule has 1 aliphatic carbocycles. The molecular weight excluding hydrogens is 400 g/mol. The minimum Gasteiger partial charge on any atom is -0.333 e. The van der Waals surface area contributed by atoms with E-state index in [2.05, 4.69) is 21.4 Å². The van der Waals surface area contributed by atoms with Crippen molar-refractivity contribution < 1.29 is 4.79 Å². The Hall–Kier alpha value is -2.01. The van der Waals surface area contributed by atoms with Gasteiger partial charge in [0, 0.05) is 9.90 Å². The van der Waals surface area contributed by atoms with Gasteiger partial charge in [0.2, 0.25) is 5.91 Å². The first-order valence-corrected chi connectivity index (χ1v) is 10.9. The number of carbonyl (C=O) groups excluding carboxylic acids is 1. The van der Waals surface area contributed by atoms with E-state index in [1.165, 1.54) is 23.1 Å². The van der Waals surface area contributed by atoms with Gasteiger partial charge in [-0.1, -0.05) is 29.8 Å². The summed E-state index contributed by atoms with van der Waals surface area (Å²) in [5.41, 5.74) is 3.45. The van der Waals surface area contributed by atoms with Crippen LogP contribution in [0.2, 0.25) is 5.02 Å².